The van der Waals surface area contributed by atoms with Crippen LogP contribution in [-0.2, 0) is 17.0 Å². The van der Waals surface area contributed by atoms with Gasteiger partial charge in [-0.25, -0.2) is 0 Å². The fraction of sp³-hybridized carbons (Fsp3) is 0.381. The zero-order valence-electron chi connectivity index (χ0n) is 15.2. The lowest BCUT2D eigenvalue weighted by Crippen LogP contribution is -2.37. The summed E-state index contributed by atoms with van der Waals surface area (Å²) < 4.78 is 5.82. The molecule has 2 aromatic rings. The van der Waals surface area contributed by atoms with Gasteiger partial charge in [-0.2, -0.15) is 11.8 Å². The van der Waals surface area contributed by atoms with E-state index in [1.54, 1.807) is 6.92 Å². The van der Waals surface area contributed by atoms with Crippen molar-refractivity contribution in [3.63, 3.8) is 0 Å². The number of hydrogen-bond acceptors (Lipinski definition) is 3. The number of benzene rings is 2. The van der Waals surface area contributed by atoms with E-state index in [1.165, 1.54) is 11.1 Å². The highest BCUT2D eigenvalue weighted by atomic mass is 32.2. The van der Waals surface area contributed by atoms with Crippen molar-refractivity contribution in [2.24, 2.45) is 0 Å². The molecule has 0 bridgehead atoms. The molecule has 4 heteroatoms. The fourth-order valence-electron chi connectivity index (χ4n) is 2.42. The van der Waals surface area contributed by atoms with E-state index < -0.39 is 6.10 Å². The highest BCUT2D eigenvalue weighted by Gasteiger charge is 2.15. The van der Waals surface area contributed by atoms with Gasteiger partial charge >= 0.3 is 0 Å². The monoisotopic (exact) mass is 357 g/mol. The van der Waals surface area contributed by atoms with Gasteiger partial charge in [0, 0.05) is 18.1 Å². The molecule has 1 N–H and O–H groups in total. The molecule has 0 aliphatic rings. The van der Waals surface area contributed by atoms with Crippen LogP contribution >= 0.6 is 11.8 Å². The second-order valence-corrected chi connectivity index (χ2v) is 7.16. The van der Waals surface area contributed by atoms with Crippen LogP contribution in [0.3, 0.4) is 0 Å². The minimum absolute atomic E-state index is 0.0677. The summed E-state index contributed by atoms with van der Waals surface area (Å²) in [5, 5.41) is 2.95. The number of aryl methyl sites for hydroxylation is 2. The molecule has 134 valence electrons. The molecule has 0 aliphatic heterocycles. The quantitative estimate of drug-likeness (QED) is 0.677. The summed E-state index contributed by atoms with van der Waals surface area (Å²) in [6.45, 7) is 6.62. The molecule has 0 heterocycles. The zero-order valence-corrected chi connectivity index (χ0v) is 16.1. The molecule has 25 heavy (non-hydrogen) atoms. The standard InChI is InChI=1S/C21H27NO2S/c1-4-19-7-5-6-8-20(19)24-17(3)21(23)22-13-14-25-15-18-11-9-16(2)10-12-18/h5-12,17H,4,13-15H2,1-3H3,(H,22,23)/t17-/m0/s1. The average molecular weight is 358 g/mol. The van der Waals surface area contributed by atoms with Gasteiger partial charge in [-0.05, 0) is 37.5 Å². The average Bonchev–Trinajstić information content (AvgIpc) is 2.63. The minimum atomic E-state index is -0.491. The maximum atomic E-state index is 12.2. The van der Waals surface area contributed by atoms with E-state index in [2.05, 4.69) is 43.4 Å². The molecule has 1 atom stereocenters. The molecule has 2 aromatic carbocycles. The van der Waals surface area contributed by atoms with Crippen molar-refractivity contribution in [2.45, 2.75) is 39.0 Å². The smallest absolute Gasteiger partial charge is 0.260 e. The molecule has 3 nitrogen and oxygen atoms in total. The summed E-state index contributed by atoms with van der Waals surface area (Å²) in [5.41, 5.74) is 3.71. The van der Waals surface area contributed by atoms with Gasteiger partial charge < -0.3 is 10.1 Å². The Morgan fingerprint density at radius 2 is 1.88 bits per heavy atom. The van der Waals surface area contributed by atoms with Crippen molar-refractivity contribution in [3.8, 4) is 5.75 Å². The van der Waals surface area contributed by atoms with Crippen LogP contribution in [0.15, 0.2) is 48.5 Å². The summed E-state index contributed by atoms with van der Waals surface area (Å²) in [7, 11) is 0. The second-order valence-electron chi connectivity index (χ2n) is 6.05. The number of nitrogens with one attached hydrogen (secondary N) is 1. The highest BCUT2D eigenvalue weighted by Crippen LogP contribution is 2.19. The summed E-state index contributed by atoms with van der Waals surface area (Å²) in [6, 6.07) is 16.4. The third kappa shape index (κ3) is 6.46. The molecule has 0 radical (unpaired) electrons. The Hall–Kier alpha value is -1.94. The van der Waals surface area contributed by atoms with Crippen LogP contribution in [-0.4, -0.2) is 24.3 Å². The lowest BCUT2D eigenvalue weighted by molar-refractivity contribution is -0.127. The fourth-order valence-corrected chi connectivity index (χ4v) is 3.24. The molecule has 0 aromatic heterocycles. The molecule has 0 unspecified atom stereocenters. The summed E-state index contributed by atoms with van der Waals surface area (Å²) in [5.74, 6) is 2.58. The Labute approximate surface area is 155 Å². The summed E-state index contributed by atoms with van der Waals surface area (Å²) in [4.78, 5) is 12.2. The van der Waals surface area contributed by atoms with Crippen molar-refractivity contribution in [1.82, 2.24) is 5.32 Å². The molecule has 2 rings (SSSR count). The number of para-hydroxylation sites is 1. The Morgan fingerprint density at radius 1 is 1.16 bits per heavy atom. The van der Waals surface area contributed by atoms with Gasteiger partial charge in [0.25, 0.3) is 5.91 Å². The van der Waals surface area contributed by atoms with Crippen LogP contribution in [0, 0.1) is 6.92 Å². The second kappa shape index (κ2) is 10.1. The van der Waals surface area contributed by atoms with E-state index >= 15 is 0 Å². The third-order valence-corrected chi connectivity index (χ3v) is 4.99. The Bertz CT molecular complexity index is 670. The van der Waals surface area contributed by atoms with E-state index in [0.29, 0.717) is 6.54 Å². The van der Waals surface area contributed by atoms with Crippen LogP contribution in [0.1, 0.15) is 30.5 Å². The van der Waals surface area contributed by atoms with Crippen molar-refractivity contribution in [1.29, 1.82) is 0 Å². The summed E-state index contributed by atoms with van der Waals surface area (Å²) in [6.07, 6.45) is 0.398. The number of thioether (sulfide) groups is 1. The van der Waals surface area contributed by atoms with Crippen molar-refractivity contribution in [3.05, 3.63) is 65.2 Å². The van der Waals surface area contributed by atoms with Crippen molar-refractivity contribution in [2.75, 3.05) is 12.3 Å². The number of carbonyl (C=O) groups is 1. The van der Waals surface area contributed by atoms with Crippen LogP contribution in [0.4, 0.5) is 0 Å². The van der Waals surface area contributed by atoms with Crippen molar-refractivity contribution >= 4 is 17.7 Å². The Morgan fingerprint density at radius 3 is 2.60 bits per heavy atom. The topological polar surface area (TPSA) is 38.3 Å². The van der Waals surface area contributed by atoms with Gasteiger partial charge in [0.1, 0.15) is 5.75 Å². The zero-order chi connectivity index (χ0) is 18.1. The maximum absolute atomic E-state index is 12.2. The predicted molar refractivity (Wildman–Crippen MR) is 106 cm³/mol. The first-order chi connectivity index (χ1) is 12.1. The van der Waals surface area contributed by atoms with Gasteiger partial charge in [-0.1, -0.05) is 55.0 Å². The van der Waals surface area contributed by atoms with Gasteiger partial charge in [-0.15, -0.1) is 0 Å². The molecular weight excluding hydrogens is 330 g/mol. The van der Waals surface area contributed by atoms with Crippen LogP contribution in [0.2, 0.25) is 0 Å². The van der Waals surface area contributed by atoms with E-state index in [1.807, 2.05) is 36.0 Å². The van der Waals surface area contributed by atoms with Crippen LogP contribution in [0.25, 0.3) is 0 Å². The van der Waals surface area contributed by atoms with E-state index in [-0.39, 0.29) is 5.91 Å². The van der Waals surface area contributed by atoms with Gasteiger partial charge in [0.2, 0.25) is 0 Å². The van der Waals surface area contributed by atoms with Gasteiger partial charge in [0.15, 0.2) is 6.10 Å². The third-order valence-electron chi connectivity index (χ3n) is 3.96. The summed E-state index contributed by atoms with van der Waals surface area (Å²) >= 11 is 1.82. The number of ether oxygens (including phenoxy) is 1. The van der Waals surface area contributed by atoms with Gasteiger partial charge in [-0.3, -0.25) is 4.79 Å². The lowest BCUT2D eigenvalue weighted by Gasteiger charge is -2.16. The largest absolute Gasteiger partial charge is 0.481 e. The number of hydrogen-bond donors (Lipinski definition) is 1. The molecule has 0 spiro atoms. The molecule has 0 fully saturated rings. The highest BCUT2D eigenvalue weighted by molar-refractivity contribution is 7.98. The molecule has 0 saturated heterocycles. The first-order valence-corrected chi connectivity index (χ1v) is 9.91. The SMILES string of the molecule is CCc1ccccc1O[C@@H](C)C(=O)NCCSCc1ccc(C)cc1. The number of rotatable bonds is 9. The van der Waals surface area contributed by atoms with Crippen LogP contribution in [0.5, 0.6) is 5.75 Å². The van der Waals surface area contributed by atoms with E-state index in [4.69, 9.17) is 4.74 Å². The Kier molecular flexibility index (Phi) is 7.86. The first kappa shape index (κ1) is 19.4. The normalized spacial score (nSPS) is 11.8. The predicted octanol–water partition coefficient (Wildman–Crippen LogP) is 4.37. The first-order valence-electron chi connectivity index (χ1n) is 8.75. The van der Waals surface area contributed by atoms with Crippen molar-refractivity contribution < 1.29 is 9.53 Å². The lowest BCUT2D eigenvalue weighted by atomic mass is 10.1. The van der Waals surface area contributed by atoms with Crippen LogP contribution < -0.4 is 10.1 Å². The minimum Gasteiger partial charge on any atom is -0.481 e. The van der Waals surface area contributed by atoms with E-state index in [0.717, 1.165) is 29.2 Å². The Balaban J connectivity index is 1.68. The molecule has 0 saturated carbocycles. The molecule has 1 amide bonds. The van der Waals surface area contributed by atoms with Gasteiger partial charge in [0.05, 0.1) is 0 Å². The molecular formula is C21H27NO2S. The molecule has 0 aliphatic carbocycles. The number of amides is 1. The van der Waals surface area contributed by atoms with E-state index in [9.17, 15) is 4.79 Å². The maximum Gasteiger partial charge on any atom is 0.260 e. The number of carbonyl (C=O) groups excluding carboxylic acids is 1.